The molecule has 10 heteroatoms. The maximum Gasteiger partial charge on any atom is 0.246 e. The van der Waals surface area contributed by atoms with Crippen LogP contribution < -0.4 is 5.32 Å². The zero-order valence-corrected chi connectivity index (χ0v) is 28.3. The molecule has 4 rings (SSSR count). The molecule has 1 aromatic rings. The Balaban J connectivity index is 1.52. The number of hydrogen-bond acceptors (Lipinski definition) is 8. The number of rotatable bonds is 17. The van der Waals surface area contributed by atoms with Crippen LogP contribution in [-0.4, -0.2) is 68.4 Å². The summed E-state index contributed by atoms with van der Waals surface area (Å²) in [5.41, 5.74) is -0.487. The average Bonchev–Trinajstić information content (AvgIpc) is 3.58. The number of carbonyl (C=O) groups excluding carboxylic acids is 6. The normalized spacial score (nSPS) is 22.9. The van der Waals surface area contributed by atoms with Gasteiger partial charge in [0.2, 0.25) is 17.6 Å². The maximum absolute atomic E-state index is 14.4. The van der Waals surface area contributed by atoms with Crippen LogP contribution in [0.3, 0.4) is 0 Å². The monoisotopic (exact) mass is 636 g/mol. The molecule has 252 valence electrons. The van der Waals surface area contributed by atoms with Gasteiger partial charge in [0.1, 0.15) is 11.7 Å². The summed E-state index contributed by atoms with van der Waals surface area (Å²) in [7, 11) is 0. The summed E-state index contributed by atoms with van der Waals surface area (Å²) in [4.78, 5) is 90.8. The zero-order chi connectivity index (χ0) is 33.6. The number of nitrogens with one attached hydrogen (secondary N) is 1. The number of ketones is 4. The molecule has 2 saturated carbocycles. The van der Waals surface area contributed by atoms with Crippen molar-refractivity contribution in [3.63, 3.8) is 0 Å². The third-order valence-corrected chi connectivity index (χ3v) is 10.1. The second-order valence-electron chi connectivity index (χ2n) is 14.9. The first-order valence-electron chi connectivity index (χ1n) is 17.3. The van der Waals surface area contributed by atoms with Gasteiger partial charge in [0.15, 0.2) is 17.3 Å². The summed E-state index contributed by atoms with van der Waals surface area (Å²) in [6.07, 6.45) is 11.4. The van der Waals surface area contributed by atoms with Gasteiger partial charge in [-0.1, -0.05) is 53.9 Å². The fourth-order valence-corrected chi connectivity index (χ4v) is 7.42. The van der Waals surface area contributed by atoms with Crippen LogP contribution in [0.15, 0.2) is 18.6 Å². The molecule has 3 fully saturated rings. The highest BCUT2D eigenvalue weighted by Crippen LogP contribution is 2.44. The lowest BCUT2D eigenvalue weighted by atomic mass is 9.82. The fourth-order valence-electron chi connectivity index (χ4n) is 7.42. The van der Waals surface area contributed by atoms with Crippen molar-refractivity contribution in [2.75, 3.05) is 6.54 Å². The average molecular weight is 637 g/mol. The molecule has 3 aliphatic rings. The van der Waals surface area contributed by atoms with Crippen LogP contribution >= 0.6 is 0 Å². The molecule has 1 aromatic heterocycles. The number of carbonyl (C=O) groups is 6. The van der Waals surface area contributed by atoms with Gasteiger partial charge in [-0.05, 0) is 61.7 Å². The highest BCUT2D eigenvalue weighted by Gasteiger charge is 2.52. The van der Waals surface area contributed by atoms with E-state index < -0.39 is 35.1 Å². The number of aromatic nitrogens is 2. The molecule has 0 unspecified atom stereocenters. The number of likely N-dealkylation sites (tertiary alicyclic amines) is 1. The van der Waals surface area contributed by atoms with Gasteiger partial charge in [0.05, 0.1) is 12.2 Å². The van der Waals surface area contributed by atoms with Gasteiger partial charge in [-0.15, -0.1) is 0 Å². The van der Waals surface area contributed by atoms with E-state index in [-0.39, 0.29) is 66.0 Å². The summed E-state index contributed by atoms with van der Waals surface area (Å²) < 4.78 is 0. The molecule has 46 heavy (non-hydrogen) atoms. The molecule has 1 saturated heterocycles. The predicted molar refractivity (Wildman–Crippen MR) is 172 cm³/mol. The van der Waals surface area contributed by atoms with Gasteiger partial charge in [-0.2, -0.15) is 0 Å². The first-order valence-corrected chi connectivity index (χ1v) is 17.3. The van der Waals surface area contributed by atoms with E-state index in [1.807, 2.05) is 34.6 Å². The maximum atomic E-state index is 14.4. The molecule has 2 aliphatic carbocycles. The number of Topliss-reactive ketones (excluding diaryl/α,β-unsaturated/α-hetero) is 4. The summed E-state index contributed by atoms with van der Waals surface area (Å²) in [6.45, 7) is 9.95. The highest BCUT2D eigenvalue weighted by molar-refractivity contribution is 6.38. The van der Waals surface area contributed by atoms with Crippen molar-refractivity contribution in [2.24, 2.45) is 35.0 Å². The Bertz CT molecular complexity index is 1290. The molecule has 2 amide bonds. The SMILES string of the molecule is CCC[C@H](CC(=O)c1cnccn1)C(=O)N[C@H](C(=O)N1C[C@@H]2CCC[C@@H]2[C@H]1C(=O)C[C@@H](CCC)C(=O)C(=O)CC1CC1)C(C)(C)C. The van der Waals surface area contributed by atoms with Gasteiger partial charge in [0.25, 0.3) is 0 Å². The van der Waals surface area contributed by atoms with Crippen molar-refractivity contribution in [1.82, 2.24) is 20.2 Å². The Labute approximate surface area is 273 Å². The van der Waals surface area contributed by atoms with E-state index in [1.54, 1.807) is 4.90 Å². The number of nitrogens with zero attached hydrogens (tertiary/aromatic N) is 3. The molecule has 0 radical (unpaired) electrons. The number of amides is 2. The molecule has 2 heterocycles. The van der Waals surface area contributed by atoms with Gasteiger partial charge in [-0.3, -0.25) is 33.8 Å². The zero-order valence-electron chi connectivity index (χ0n) is 28.3. The lowest BCUT2D eigenvalue weighted by molar-refractivity contribution is -0.145. The summed E-state index contributed by atoms with van der Waals surface area (Å²) in [5, 5.41) is 2.99. The number of hydrogen-bond donors (Lipinski definition) is 1. The van der Waals surface area contributed by atoms with Gasteiger partial charge in [-0.25, -0.2) is 4.98 Å². The Kier molecular flexibility index (Phi) is 12.0. The minimum Gasteiger partial charge on any atom is -0.344 e. The van der Waals surface area contributed by atoms with Crippen molar-refractivity contribution < 1.29 is 28.8 Å². The highest BCUT2D eigenvalue weighted by atomic mass is 16.2. The van der Waals surface area contributed by atoms with E-state index in [1.165, 1.54) is 18.6 Å². The molecule has 0 bridgehead atoms. The molecular formula is C36H52N4O6. The topological polar surface area (TPSA) is 143 Å². The van der Waals surface area contributed by atoms with Crippen molar-refractivity contribution in [3.05, 3.63) is 24.3 Å². The Morgan fingerprint density at radius 3 is 2.24 bits per heavy atom. The van der Waals surface area contributed by atoms with E-state index in [9.17, 15) is 28.8 Å². The van der Waals surface area contributed by atoms with Crippen LogP contribution in [0.5, 0.6) is 0 Å². The summed E-state index contributed by atoms with van der Waals surface area (Å²) in [6, 6.07) is -1.61. The van der Waals surface area contributed by atoms with Crippen LogP contribution in [-0.2, 0) is 24.0 Å². The van der Waals surface area contributed by atoms with E-state index in [0.29, 0.717) is 38.1 Å². The van der Waals surface area contributed by atoms with Crippen molar-refractivity contribution >= 4 is 34.9 Å². The standard InChI is InChI=1S/C36H52N4O6/c1-6-9-23(32(44)30(43)17-22-13-14-22)18-29(42)31-26-12-8-11-25(26)21-40(31)35(46)33(36(3,4)5)39-34(45)24(10-7-2)19-28(41)27-20-37-15-16-38-27/h15-16,20,22-26,31,33H,6-14,17-19,21H2,1-5H3,(H,39,45)/t23-,24-,25+,26+,31+,33-/m1/s1. The lowest BCUT2D eigenvalue weighted by Gasteiger charge is -2.37. The Morgan fingerprint density at radius 1 is 0.935 bits per heavy atom. The quantitative estimate of drug-likeness (QED) is 0.187. The molecular weight excluding hydrogens is 584 g/mol. The molecule has 1 N–H and O–H groups in total. The first kappa shape index (κ1) is 35.6. The first-order chi connectivity index (χ1) is 21.8. The second kappa shape index (κ2) is 15.5. The van der Waals surface area contributed by atoms with E-state index >= 15 is 0 Å². The van der Waals surface area contributed by atoms with Crippen LogP contribution in [0.25, 0.3) is 0 Å². The molecule has 1 aliphatic heterocycles. The van der Waals surface area contributed by atoms with E-state index in [0.717, 1.165) is 32.1 Å². The predicted octanol–water partition coefficient (Wildman–Crippen LogP) is 4.94. The summed E-state index contributed by atoms with van der Waals surface area (Å²) in [5.74, 6) is -2.79. The van der Waals surface area contributed by atoms with Crippen molar-refractivity contribution in [1.29, 1.82) is 0 Å². The van der Waals surface area contributed by atoms with E-state index in [4.69, 9.17) is 0 Å². The van der Waals surface area contributed by atoms with Crippen LogP contribution in [0.1, 0.15) is 122 Å². The summed E-state index contributed by atoms with van der Waals surface area (Å²) >= 11 is 0. The number of fused-ring (bicyclic) bond motifs is 1. The third-order valence-electron chi connectivity index (χ3n) is 10.1. The van der Waals surface area contributed by atoms with Crippen LogP contribution in [0.2, 0.25) is 0 Å². The molecule has 0 spiro atoms. The van der Waals surface area contributed by atoms with Gasteiger partial charge >= 0.3 is 0 Å². The fraction of sp³-hybridized carbons (Fsp3) is 0.722. The van der Waals surface area contributed by atoms with Crippen molar-refractivity contribution in [3.8, 4) is 0 Å². The molecule has 6 atom stereocenters. The minimum absolute atomic E-state index is 0.00440. The van der Waals surface area contributed by atoms with Crippen LogP contribution in [0.4, 0.5) is 0 Å². The van der Waals surface area contributed by atoms with Gasteiger partial charge in [0, 0.05) is 50.0 Å². The Morgan fingerprint density at radius 2 is 1.63 bits per heavy atom. The van der Waals surface area contributed by atoms with Crippen LogP contribution in [0, 0.1) is 35.0 Å². The smallest absolute Gasteiger partial charge is 0.246 e. The Hall–Kier alpha value is -3.30. The van der Waals surface area contributed by atoms with Gasteiger partial charge < -0.3 is 10.2 Å². The molecule has 0 aromatic carbocycles. The van der Waals surface area contributed by atoms with E-state index in [2.05, 4.69) is 15.3 Å². The second-order valence-corrected chi connectivity index (χ2v) is 14.9. The lowest BCUT2D eigenvalue weighted by Crippen LogP contribution is -2.58. The molecule has 10 nitrogen and oxygen atoms in total. The largest absolute Gasteiger partial charge is 0.344 e. The minimum atomic E-state index is -0.923. The van der Waals surface area contributed by atoms with Crippen molar-refractivity contribution in [2.45, 2.75) is 124 Å². The third kappa shape index (κ3) is 8.73.